The number of aryl methyl sites for hydroxylation is 1. The van der Waals surface area contributed by atoms with Crippen molar-refractivity contribution in [2.24, 2.45) is 5.92 Å². The van der Waals surface area contributed by atoms with Crippen molar-refractivity contribution < 1.29 is 9.32 Å². The molecular weight excluding hydrogens is 270 g/mol. The van der Waals surface area contributed by atoms with Crippen molar-refractivity contribution >= 4 is 5.91 Å². The molecule has 0 saturated carbocycles. The van der Waals surface area contributed by atoms with Gasteiger partial charge in [-0.05, 0) is 26.3 Å². The predicted octanol–water partition coefficient (Wildman–Crippen LogP) is 0.0218. The molecule has 3 rings (SSSR count). The summed E-state index contributed by atoms with van der Waals surface area (Å²) < 4.78 is 5.14. The molecule has 0 radical (unpaired) electrons. The van der Waals surface area contributed by atoms with E-state index in [1.165, 1.54) is 0 Å². The fraction of sp³-hybridized carbons (Fsp3) is 0.786. The lowest BCUT2D eigenvalue weighted by atomic mass is 9.98. The number of hydrogen-bond donors (Lipinski definition) is 1. The van der Waals surface area contributed by atoms with Gasteiger partial charge in [0.05, 0.1) is 12.5 Å². The number of rotatable bonds is 3. The lowest BCUT2D eigenvalue weighted by molar-refractivity contribution is -0.138. The van der Waals surface area contributed by atoms with Gasteiger partial charge in [0.1, 0.15) is 0 Å². The Kier molecular flexibility index (Phi) is 4.50. The van der Waals surface area contributed by atoms with E-state index in [0.717, 1.165) is 52.1 Å². The lowest BCUT2D eigenvalue weighted by Crippen LogP contribution is -2.51. The highest BCUT2D eigenvalue weighted by molar-refractivity contribution is 5.79. The van der Waals surface area contributed by atoms with E-state index in [-0.39, 0.29) is 5.92 Å². The Morgan fingerprint density at radius 1 is 1.38 bits per heavy atom. The van der Waals surface area contributed by atoms with Crippen LogP contribution in [0.4, 0.5) is 0 Å². The zero-order valence-corrected chi connectivity index (χ0v) is 12.5. The molecule has 7 heteroatoms. The molecule has 2 aliphatic heterocycles. The standard InChI is InChI=1S/C14H23N5O2/c1-11-16-13(21-17-11)10-18-5-7-19(8-6-18)14(20)12-3-2-4-15-9-12/h12,15H,2-10H2,1H3. The van der Waals surface area contributed by atoms with Crippen LogP contribution in [0.2, 0.25) is 0 Å². The predicted molar refractivity (Wildman–Crippen MR) is 76.5 cm³/mol. The number of carbonyl (C=O) groups excluding carboxylic acids is 1. The minimum atomic E-state index is 0.170. The number of nitrogens with one attached hydrogen (secondary N) is 1. The SMILES string of the molecule is Cc1noc(CN2CCN(C(=O)C3CCCNC3)CC2)n1. The molecule has 1 aromatic rings. The van der Waals surface area contributed by atoms with Gasteiger partial charge in [-0.1, -0.05) is 5.16 Å². The maximum atomic E-state index is 12.4. The van der Waals surface area contributed by atoms with Crippen LogP contribution in [0.5, 0.6) is 0 Å². The Morgan fingerprint density at radius 2 is 2.19 bits per heavy atom. The molecule has 116 valence electrons. The normalized spacial score (nSPS) is 24.2. The van der Waals surface area contributed by atoms with Crippen molar-refractivity contribution in [2.75, 3.05) is 39.3 Å². The van der Waals surface area contributed by atoms with Crippen molar-refractivity contribution in [1.82, 2.24) is 25.3 Å². The van der Waals surface area contributed by atoms with Gasteiger partial charge in [-0.15, -0.1) is 0 Å². The Morgan fingerprint density at radius 3 is 2.81 bits per heavy atom. The van der Waals surface area contributed by atoms with Gasteiger partial charge in [-0.3, -0.25) is 9.69 Å². The summed E-state index contributed by atoms with van der Waals surface area (Å²) in [4.78, 5) is 20.9. The Hall–Kier alpha value is -1.47. The maximum Gasteiger partial charge on any atom is 0.240 e. The van der Waals surface area contributed by atoms with Gasteiger partial charge in [-0.25, -0.2) is 0 Å². The summed E-state index contributed by atoms with van der Waals surface area (Å²) in [5.41, 5.74) is 0. The molecule has 21 heavy (non-hydrogen) atoms. The summed E-state index contributed by atoms with van der Waals surface area (Å²) in [6, 6.07) is 0. The molecule has 2 fully saturated rings. The van der Waals surface area contributed by atoms with Crippen molar-refractivity contribution in [2.45, 2.75) is 26.3 Å². The average molecular weight is 293 g/mol. The van der Waals surface area contributed by atoms with Crippen molar-refractivity contribution in [1.29, 1.82) is 0 Å². The fourth-order valence-electron chi connectivity index (χ4n) is 3.04. The molecule has 0 bridgehead atoms. The van der Waals surface area contributed by atoms with Crippen LogP contribution in [-0.4, -0.2) is 65.1 Å². The van der Waals surface area contributed by atoms with E-state index in [0.29, 0.717) is 24.2 Å². The van der Waals surface area contributed by atoms with Crippen LogP contribution in [0.1, 0.15) is 24.6 Å². The van der Waals surface area contributed by atoms with Crippen molar-refractivity contribution in [3.05, 3.63) is 11.7 Å². The number of piperazine rings is 1. The highest BCUT2D eigenvalue weighted by Crippen LogP contribution is 2.15. The average Bonchev–Trinajstić information content (AvgIpc) is 2.93. The number of nitrogens with zero attached hydrogens (tertiary/aromatic N) is 4. The summed E-state index contributed by atoms with van der Waals surface area (Å²) >= 11 is 0. The zero-order valence-electron chi connectivity index (χ0n) is 12.5. The Bertz CT molecular complexity index is 475. The second-order valence-corrected chi connectivity index (χ2v) is 5.88. The first-order valence-electron chi connectivity index (χ1n) is 7.73. The van der Waals surface area contributed by atoms with Crippen LogP contribution >= 0.6 is 0 Å². The molecule has 1 amide bonds. The second-order valence-electron chi connectivity index (χ2n) is 5.88. The third kappa shape index (κ3) is 3.59. The van der Waals surface area contributed by atoms with Gasteiger partial charge in [0, 0.05) is 32.7 Å². The van der Waals surface area contributed by atoms with Crippen LogP contribution in [0.15, 0.2) is 4.52 Å². The molecule has 0 aliphatic carbocycles. The summed E-state index contributed by atoms with van der Waals surface area (Å²) in [6.45, 7) is 7.70. The quantitative estimate of drug-likeness (QED) is 0.847. The van der Waals surface area contributed by atoms with E-state index in [2.05, 4.69) is 20.4 Å². The monoisotopic (exact) mass is 293 g/mol. The summed E-state index contributed by atoms with van der Waals surface area (Å²) in [7, 11) is 0. The molecule has 3 heterocycles. The molecule has 2 saturated heterocycles. The van der Waals surface area contributed by atoms with E-state index in [4.69, 9.17) is 4.52 Å². The molecule has 1 unspecified atom stereocenters. The van der Waals surface area contributed by atoms with Gasteiger partial charge in [-0.2, -0.15) is 4.98 Å². The molecule has 1 N–H and O–H groups in total. The summed E-state index contributed by atoms with van der Waals surface area (Å²) in [5.74, 6) is 1.81. The third-order valence-corrected chi connectivity index (χ3v) is 4.26. The van der Waals surface area contributed by atoms with Gasteiger partial charge in [0.25, 0.3) is 0 Å². The fourth-order valence-corrected chi connectivity index (χ4v) is 3.04. The molecule has 0 spiro atoms. The first-order chi connectivity index (χ1) is 10.2. The minimum absolute atomic E-state index is 0.170. The topological polar surface area (TPSA) is 74.5 Å². The van der Waals surface area contributed by atoms with Crippen LogP contribution in [-0.2, 0) is 11.3 Å². The Labute approximate surface area is 124 Å². The smallest absolute Gasteiger partial charge is 0.240 e. The number of piperidine rings is 1. The number of amides is 1. The maximum absolute atomic E-state index is 12.4. The zero-order chi connectivity index (χ0) is 14.7. The van der Waals surface area contributed by atoms with Gasteiger partial charge < -0.3 is 14.7 Å². The third-order valence-electron chi connectivity index (χ3n) is 4.26. The lowest BCUT2D eigenvalue weighted by Gasteiger charge is -2.36. The molecule has 1 aromatic heterocycles. The van der Waals surface area contributed by atoms with Crippen molar-refractivity contribution in [3.8, 4) is 0 Å². The van der Waals surface area contributed by atoms with Gasteiger partial charge in [0.2, 0.25) is 11.8 Å². The van der Waals surface area contributed by atoms with Crippen LogP contribution in [0, 0.1) is 12.8 Å². The van der Waals surface area contributed by atoms with E-state index in [9.17, 15) is 4.79 Å². The summed E-state index contributed by atoms with van der Waals surface area (Å²) in [6.07, 6.45) is 2.13. The van der Waals surface area contributed by atoms with Crippen LogP contribution in [0.3, 0.4) is 0 Å². The molecule has 2 aliphatic rings. The van der Waals surface area contributed by atoms with E-state index < -0.39 is 0 Å². The molecule has 7 nitrogen and oxygen atoms in total. The Balaban J connectivity index is 1.47. The van der Waals surface area contributed by atoms with Crippen LogP contribution < -0.4 is 5.32 Å². The molecular formula is C14H23N5O2. The number of carbonyl (C=O) groups is 1. The highest BCUT2D eigenvalue weighted by atomic mass is 16.5. The van der Waals surface area contributed by atoms with E-state index in [1.54, 1.807) is 0 Å². The van der Waals surface area contributed by atoms with Crippen molar-refractivity contribution in [3.63, 3.8) is 0 Å². The van der Waals surface area contributed by atoms with Gasteiger partial charge >= 0.3 is 0 Å². The van der Waals surface area contributed by atoms with Gasteiger partial charge in [0.15, 0.2) is 5.82 Å². The summed E-state index contributed by atoms with van der Waals surface area (Å²) in [5, 5.41) is 7.12. The second kappa shape index (κ2) is 6.53. The molecule has 0 aromatic carbocycles. The van der Waals surface area contributed by atoms with Crippen LogP contribution in [0.25, 0.3) is 0 Å². The number of aromatic nitrogens is 2. The first kappa shape index (κ1) is 14.5. The van der Waals surface area contributed by atoms with E-state index >= 15 is 0 Å². The highest BCUT2D eigenvalue weighted by Gasteiger charge is 2.28. The first-order valence-corrected chi connectivity index (χ1v) is 7.73. The molecule has 1 atom stereocenters. The minimum Gasteiger partial charge on any atom is -0.340 e. The largest absolute Gasteiger partial charge is 0.340 e. The number of hydrogen-bond acceptors (Lipinski definition) is 6. The van der Waals surface area contributed by atoms with E-state index in [1.807, 2.05) is 11.8 Å².